The number of fused-ring (bicyclic) bond motifs is 4. The number of benzene rings is 2. The zero-order valence-corrected chi connectivity index (χ0v) is 19.3. The van der Waals surface area contributed by atoms with Crippen molar-refractivity contribution >= 4 is 33.4 Å². The Morgan fingerprint density at radius 1 is 0.794 bits per heavy atom. The van der Waals surface area contributed by atoms with E-state index in [9.17, 15) is 9.59 Å². The molecule has 0 fully saturated rings. The number of hydrogen-bond acceptors (Lipinski definition) is 5. The van der Waals surface area contributed by atoms with Gasteiger partial charge < -0.3 is 4.74 Å². The van der Waals surface area contributed by atoms with Crippen molar-refractivity contribution in [3.8, 4) is 5.75 Å². The monoisotopic (exact) mass is 450 g/mol. The molecule has 34 heavy (non-hydrogen) atoms. The first-order valence-corrected chi connectivity index (χ1v) is 12.1. The smallest absolute Gasteiger partial charge is 0.181 e. The van der Waals surface area contributed by atoms with Gasteiger partial charge in [0.15, 0.2) is 11.6 Å². The van der Waals surface area contributed by atoms with Gasteiger partial charge in [0.2, 0.25) is 0 Å². The van der Waals surface area contributed by atoms with Gasteiger partial charge >= 0.3 is 0 Å². The van der Waals surface area contributed by atoms with Crippen LogP contribution in [0.1, 0.15) is 68.9 Å². The van der Waals surface area contributed by atoms with Crippen LogP contribution in [0.4, 0.5) is 0 Å². The topological polar surface area (TPSA) is 69.2 Å². The third-order valence-corrected chi connectivity index (χ3v) is 7.25. The molecule has 0 saturated heterocycles. The van der Waals surface area contributed by atoms with Crippen molar-refractivity contribution in [2.75, 3.05) is 7.11 Å². The maximum absolute atomic E-state index is 12.6. The third-order valence-electron chi connectivity index (χ3n) is 7.25. The summed E-state index contributed by atoms with van der Waals surface area (Å²) in [5.41, 5.74) is 7.29. The lowest BCUT2D eigenvalue weighted by atomic mass is 9.90. The predicted octanol–water partition coefficient (Wildman–Crippen LogP) is 5.61. The van der Waals surface area contributed by atoms with Crippen LogP contribution in [-0.4, -0.2) is 28.6 Å². The molecule has 2 aliphatic rings. The average Bonchev–Trinajstić information content (AvgIpc) is 2.86. The fraction of sp³-hybridized carbons (Fsp3) is 0.310. The third kappa shape index (κ3) is 3.38. The van der Waals surface area contributed by atoms with Crippen molar-refractivity contribution in [1.82, 2.24) is 9.97 Å². The zero-order valence-electron chi connectivity index (χ0n) is 19.3. The summed E-state index contributed by atoms with van der Waals surface area (Å²) in [6.45, 7) is 0. The number of carbonyl (C=O) groups excluding carboxylic acids is 2. The second-order valence-electron chi connectivity index (χ2n) is 9.32. The van der Waals surface area contributed by atoms with Gasteiger partial charge in [-0.2, -0.15) is 0 Å². The fourth-order valence-electron chi connectivity index (χ4n) is 5.57. The lowest BCUT2D eigenvalue weighted by Gasteiger charge is -2.20. The summed E-state index contributed by atoms with van der Waals surface area (Å²) in [5, 5.41) is 2.09. The first kappa shape index (κ1) is 21.0. The van der Waals surface area contributed by atoms with Crippen LogP contribution in [0.3, 0.4) is 0 Å². The maximum atomic E-state index is 12.6. The molecular formula is C29H26N2O3. The number of ether oxygens (including phenoxy) is 1. The van der Waals surface area contributed by atoms with Crippen LogP contribution in [0.2, 0.25) is 0 Å². The van der Waals surface area contributed by atoms with Crippen molar-refractivity contribution in [2.45, 2.75) is 51.4 Å². The molecule has 0 saturated carbocycles. The summed E-state index contributed by atoms with van der Waals surface area (Å²) >= 11 is 0. The lowest BCUT2D eigenvalue weighted by molar-refractivity contribution is 0.0959. The number of para-hydroxylation sites is 1. The first-order valence-electron chi connectivity index (χ1n) is 12.1. The van der Waals surface area contributed by atoms with Crippen LogP contribution in [-0.2, 0) is 25.7 Å². The summed E-state index contributed by atoms with van der Waals surface area (Å²) < 4.78 is 5.78. The van der Waals surface area contributed by atoms with E-state index < -0.39 is 0 Å². The van der Waals surface area contributed by atoms with E-state index in [1.165, 1.54) is 5.56 Å². The van der Waals surface area contributed by atoms with Crippen molar-refractivity contribution in [1.29, 1.82) is 0 Å². The molecule has 2 aromatic heterocycles. The van der Waals surface area contributed by atoms with E-state index in [0.717, 1.165) is 82.8 Å². The molecule has 0 amide bonds. The summed E-state index contributed by atoms with van der Waals surface area (Å²) in [6.07, 6.45) is 6.22. The predicted molar refractivity (Wildman–Crippen MR) is 132 cm³/mol. The number of Topliss-reactive ketones (excluding diaryl/α,β-unsaturated/α-hetero) is 2. The van der Waals surface area contributed by atoms with Gasteiger partial charge in [0.1, 0.15) is 17.1 Å². The van der Waals surface area contributed by atoms with E-state index in [1.54, 1.807) is 7.11 Å². The zero-order chi connectivity index (χ0) is 23.2. The van der Waals surface area contributed by atoms with Crippen LogP contribution in [0.25, 0.3) is 21.8 Å². The number of nitrogens with zero attached hydrogens (tertiary/aromatic N) is 2. The summed E-state index contributed by atoms with van der Waals surface area (Å²) in [5.74, 6) is 1.05. The number of ketones is 2. The molecule has 0 unspecified atom stereocenters. The van der Waals surface area contributed by atoms with Crippen LogP contribution in [0.5, 0.6) is 5.75 Å². The van der Waals surface area contributed by atoms with Crippen LogP contribution in [0, 0.1) is 0 Å². The minimum absolute atomic E-state index is 0.107. The molecule has 4 aromatic rings. The van der Waals surface area contributed by atoms with E-state index in [0.29, 0.717) is 24.2 Å². The first-order chi connectivity index (χ1) is 16.6. The Balaban J connectivity index is 1.40. The van der Waals surface area contributed by atoms with Gasteiger partial charge in [-0.1, -0.05) is 24.3 Å². The molecule has 170 valence electrons. The number of rotatable bonds is 4. The molecule has 2 heterocycles. The second kappa shape index (κ2) is 8.32. The Hall–Kier alpha value is -3.60. The fourth-order valence-corrected chi connectivity index (χ4v) is 5.57. The second-order valence-corrected chi connectivity index (χ2v) is 9.32. The van der Waals surface area contributed by atoms with E-state index in [4.69, 9.17) is 14.7 Å². The van der Waals surface area contributed by atoms with Gasteiger partial charge in [0, 0.05) is 29.2 Å². The Kier molecular flexibility index (Phi) is 5.13. The molecular weight excluding hydrogens is 424 g/mol. The van der Waals surface area contributed by atoms with Crippen molar-refractivity contribution in [3.05, 3.63) is 76.1 Å². The summed E-state index contributed by atoms with van der Waals surface area (Å²) in [7, 11) is 1.68. The molecule has 0 spiro atoms. The molecule has 2 aliphatic carbocycles. The Morgan fingerprint density at radius 3 is 2.38 bits per heavy atom. The summed E-state index contributed by atoms with van der Waals surface area (Å²) in [4.78, 5) is 34.5. The minimum atomic E-state index is 0.107. The molecule has 2 aromatic carbocycles. The highest BCUT2D eigenvalue weighted by molar-refractivity contribution is 6.02. The average molecular weight is 451 g/mol. The maximum Gasteiger partial charge on any atom is 0.181 e. The minimum Gasteiger partial charge on any atom is -0.496 e. The molecule has 0 radical (unpaired) electrons. The highest BCUT2D eigenvalue weighted by Gasteiger charge is 2.25. The Morgan fingerprint density at radius 2 is 1.53 bits per heavy atom. The SMILES string of the molecule is COc1c2c(nc3c(CCc4cccc5nc6c(cc45)CCCC6=O)cccc13)C(=O)CCC2. The van der Waals surface area contributed by atoms with Gasteiger partial charge in [-0.05, 0) is 73.4 Å². The Bertz CT molecular complexity index is 1490. The highest BCUT2D eigenvalue weighted by atomic mass is 16.5. The number of aromatic nitrogens is 2. The number of methoxy groups -OCH3 is 1. The van der Waals surface area contributed by atoms with Gasteiger partial charge in [-0.25, -0.2) is 9.97 Å². The van der Waals surface area contributed by atoms with Crippen LogP contribution >= 0.6 is 0 Å². The van der Waals surface area contributed by atoms with Crippen molar-refractivity contribution < 1.29 is 14.3 Å². The molecule has 5 nitrogen and oxygen atoms in total. The van der Waals surface area contributed by atoms with E-state index in [1.807, 2.05) is 24.3 Å². The standard InChI is InChI=1S/C29H26N2O3/c1-34-29-20-9-2-7-18(26(20)31-28-21(29)10-5-13-25(28)33)15-14-17-6-3-11-23-22(17)16-19-8-4-12-24(32)27(19)30-23/h2-3,6-7,9,11,16H,4-5,8,10,12-15H2,1H3. The van der Waals surface area contributed by atoms with E-state index in [2.05, 4.69) is 18.2 Å². The number of hydrogen-bond donors (Lipinski definition) is 0. The van der Waals surface area contributed by atoms with Gasteiger partial charge in [0.05, 0.1) is 18.1 Å². The quantitative estimate of drug-likeness (QED) is 0.404. The summed E-state index contributed by atoms with van der Waals surface area (Å²) in [6, 6.07) is 14.5. The number of carbonyl (C=O) groups is 2. The van der Waals surface area contributed by atoms with E-state index in [-0.39, 0.29) is 11.6 Å². The number of aryl methyl sites for hydroxylation is 3. The van der Waals surface area contributed by atoms with Gasteiger partial charge in [0.25, 0.3) is 0 Å². The molecule has 0 aliphatic heterocycles. The lowest BCUT2D eigenvalue weighted by Crippen LogP contribution is -2.15. The van der Waals surface area contributed by atoms with Gasteiger partial charge in [-0.3, -0.25) is 9.59 Å². The Labute approximate surface area is 198 Å². The van der Waals surface area contributed by atoms with E-state index >= 15 is 0 Å². The molecule has 6 rings (SSSR count). The molecule has 0 bridgehead atoms. The van der Waals surface area contributed by atoms with Gasteiger partial charge in [-0.15, -0.1) is 0 Å². The highest BCUT2D eigenvalue weighted by Crippen LogP contribution is 2.36. The van der Waals surface area contributed by atoms with Crippen molar-refractivity contribution in [3.63, 3.8) is 0 Å². The molecule has 0 N–H and O–H groups in total. The van der Waals surface area contributed by atoms with Crippen molar-refractivity contribution in [2.24, 2.45) is 0 Å². The normalized spacial score (nSPS) is 15.4. The van der Waals surface area contributed by atoms with Crippen LogP contribution in [0.15, 0.2) is 42.5 Å². The number of pyridine rings is 2. The largest absolute Gasteiger partial charge is 0.496 e. The van der Waals surface area contributed by atoms with Crippen LogP contribution < -0.4 is 4.74 Å². The molecule has 0 atom stereocenters. The molecule has 5 heteroatoms.